The molecule has 0 spiro atoms. The molecule has 3 aromatic rings. The number of hydrogen-bond acceptors (Lipinski definition) is 6. The fraction of sp³-hybridized carbons (Fsp3) is 0.435. The number of carbonyl (C=O) groups excluding carboxylic acids is 1. The number of benzene rings is 2. The van der Waals surface area contributed by atoms with E-state index in [-0.39, 0.29) is 36.5 Å². The minimum Gasteiger partial charge on any atom is -0.394 e. The number of nitrogens with zero attached hydrogens (tertiary/aromatic N) is 5. The van der Waals surface area contributed by atoms with E-state index in [1.165, 1.54) is 6.07 Å². The van der Waals surface area contributed by atoms with E-state index in [0.717, 1.165) is 24.2 Å². The number of aliphatic hydroxyl groups excluding tert-OH is 1. The molecule has 2 fully saturated rings. The minimum absolute atomic E-state index is 0.0662. The van der Waals surface area contributed by atoms with E-state index >= 15 is 0 Å². The topological polar surface area (TPSA) is 86.5 Å². The molecule has 1 unspecified atom stereocenters. The molecule has 0 saturated carbocycles. The number of fused-ring (bicyclic) bond motifs is 1. The summed E-state index contributed by atoms with van der Waals surface area (Å²) >= 11 is 5.90. The van der Waals surface area contributed by atoms with Gasteiger partial charge in [0.1, 0.15) is 11.3 Å². The van der Waals surface area contributed by atoms with Crippen LogP contribution in [0.15, 0.2) is 36.4 Å². The van der Waals surface area contributed by atoms with Crippen molar-refractivity contribution >= 4 is 34.2 Å². The van der Waals surface area contributed by atoms with Crippen LogP contribution in [0.5, 0.6) is 0 Å². The Morgan fingerprint density at radius 2 is 2.12 bits per heavy atom. The maximum absolute atomic E-state index is 14.5. The highest BCUT2D eigenvalue weighted by Crippen LogP contribution is 2.29. The number of nitrogens with one attached hydrogen (secondary N) is 1. The van der Waals surface area contributed by atoms with Gasteiger partial charge < -0.3 is 20.2 Å². The molecule has 33 heavy (non-hydrogen) atoms. The molecule has 8 nitrogen and oxygen atoms in total. The number of carbonyl (C=O) groups is 1. The van der Waals surface area contributed by atoms with Crippen LogP contribution in [0, 0.1) is 5.82 Å². The Hall–Kier alpha value is -2.75. The van der Waals surface area contributed by atoms with E-state index in [9.17, 15) is 14.3 Å². The molecule has 174 valence electrons. The van der Waals surface area contributed by atoms with Gasteiger partial charge in [-0.25, -0.2) is 9.07 Å². The van der Waals surface area contributed by atoms with Crippen LogP contribution in [0.25, 0.3) is 11.0 Å². The Balaban J connectivity index is 1.40. The van der Waals surface area contributed by atoms with Gasteiger partial charge >= 0.3 is 0 Å². The minimum atomic E-state index is -0.387. The maximum Gasteiger partial charge on any atom is 0.240 e. The van der Waals surface area contributed by atoms with Gasteiger partial charge in [0.15, 0.2) is 0 Å². The van der Waals surface area contributed by atoms with Gasteiger partial charge in [-0.05, 0) is 50.2 Å². The first kappa shape index (κ1) is 22.1. The van der Waals surface area contributed by atoms with Gasteiger partial charge in [0, 0.05) is 35.9 Å². The lowest BCUT2D eigenvalue weighted by atomic mass is 10.0. The van der Waals surface area contributed by atoms with Crippen LogP contribution in [0.3, 0.4) is 0 Å². The zero-order valence-electron chi connectivity index (χ0n) is 18.3. The van der Waals surface area contributed by atoms with E-state index in [0.29, 0.717) is 35.7 Å². The van der Waals surface area contributed by atoms with Crippen molar-refractivity contribution in [1.82, 2.24) is 25.2 Å². The Bertz CT molecular complexity index is 1180. The molecule has 1 amide bonds. The third-order valence-electron chi connectivity index (χ3n) is 6.70. The van der Waals surface area contributed by atoms with Crippen molar-refractivity contribution in [3.63, 3.8) is 0 Å². The monoisotopic (exact) mass is 472 g/mol. The number of rotatable bonds is 5. The lowest BCUT2D eigenvalue weighted by Crippen LogP contribution is -2.63. The molecule has 0 bridgehead atoms. The molecular formula is C23H26ClFN6O2. The largest absolute Gasteiger partial charge is 0.394 e. The molecule has 3 atom stereocenters. The molecule has 2 aliphatic heterocycles. The fourth-order valence-corrected chi connectivity index (χ4v) is 4.77. The average molecular weight is 473 g/mol. The smallest absolute Gasteiger partial charge is 0.240 e. The lowest BCUT2D eigenvalue weighted by Gasteiger charge is -2.44. The van der Waals surface area contributed by atoms with Crippen LogP contribution in [0.4, 0.5) is 10.1 Å². The van der Waals surface area contributed by atoms with Crippen LogP contribution in [0.2, 0.25) is 5.02 Å². The third-order valence-corrected chi connectivity index (χ3v) is 6.93. The molecular weight excluding hydrogens is 447 g/mol. The van der Waals surface area contributed by atoms with Gasteiger partial charge in [0.25, 0.3) is 0 Å². The van der Waals surface area contributed by atoms with E-state index in [1.54, 1.807) is 21.7 Å². The molecule has 1 aromatic heterocycles. The van der Waals surface area contributed by atoms with Crippen molar-refractivity contribution in [3.8, 4) is 0 Å². The quantitative estimate of drug-likeness (QED) is 0.592. The number of halogens is 2. The van der Waals surface area contributed by atoms with Gasteiger partial charge in [-0.15, -0.1) is 5.10 Å². The number of aliphatic hydroxyl groups is 1. The van der Waals surface area contributed by atoms with E-state index in [1.807, 2.05) is 25.1 Å². The van der Waals surface area contributed by atoms with Gasteiger partial charge in [0.2, 0.25) is 5.91 Å². The second kappa shape index (κ2) is 8.89. The van der Waals surface area contributed by atoms with Gasteiger partial charge in [-0.3, -0.25) is 4.79 Å². The summed E-state index contributed by atoms with van der Waals surface area (Å²) in [5.41, 5.74) is 2.92. The Kier molecular flexibility index (Phi) is 5.94. The van der Waals surface area contributed by atoms with Crippen molar-refractivity contribution in [1.29, 1.82) is 0 Å². The highest BCUT2D eigenvalue weighted by Gasteiger charge is 2.36. The summed E-state index contributed by atoms with van der Waals surface area (Å²) in [5.74, 6) is -0.321. The third kappa shape index (κ3) is 4.05. The van der Waals surface area contributed by atoms with Crippen molar-refractivity contribution < 1.29 is 14.3 Å². The van der Waals surface area contributed by atoms with Crippen LogP contribution in [-0.2, 0) is 4.79 Å². The molecule has 0 radical (unpaired) electrons. The average Bonchev–Trinajstić information content (AvgIpc) is 3.20. The Labute approximate surface area is 195 Å². The summed E-state index contributed by atoms with van der Waals surface area (Å²) in [4.78, 5) is 16.7. The van der Waals surface area contributed by atoms with Crippen LogP contribution >= 0.6 is 11.6 Å². The zero-order chi connectivity index (χ0) is 23.1. The predicted octanol–water partition coefficient (Wildman–Crippen LogP) is 2.20. The lowest BCUT2D eigenvalue weighted by molar-refractivity contribution is -0.139. The highest BCUT2D eigenvalue weighted by atomic mass is 35.5. The Morgan fingerprint density at radius 3 is 2.82 bits per heavy atom. The molecule has 0 aliphatic carbocycles. The standard InChI is InChI=1S/C23H26ClFN6O2/c1-14(18-4-2-15(24)10-19(18)25)31-22-11-16(3-5-20(22)27-28-31)29-8-9-30(17(12-29)13-32)23(33)21-6-7-26-21/h2-5,10-11,14,17,21,26,32H,6-9,12-13H2,1H3/t14-,17+,21?/m1/s1. The van der Waals surface area contributed by atoms with Crippen LogP contribution < -0.4 is 10.2 Å². The summed E-state index contributed by atoms with van der Waals surface area (Å²) in [6.45, 7) is 4.37. The van der Waals surface area contributed by atoms with Crippen molar-refractivity contribution in [2.24, 2.45) is 0 Å². The van der Waals surface area contributed by atoms with Crippen LogP contribution in [0.1, 0.15) is 24.9 Å². The number of anilines is 1. The highest BCUT2D eigenvalue weighted by molar-refractivity contribution is 6.30. The summed E-state index contributed by atoms with van der Waals surface area (Å²) in [5, 5.41) is 22.0. The second-order valence-electron chi connectivity index (χ2n) is 8.66. The first-order valence-electron chi connectivity index (χ1n) is 11.2. The van der Waals surface area contributed by atoms with E-state index < -0.39 is 0 Å². The van der Waals surface area contributed by atoms with Gasteiger partial charge in [0.05, 0.1) is 30.2 Å². The predicted molar refractivity (Wildman–Crippen MR) is 124 cm³/mol. The number of piperazine rings is 1. The molecule has 10 heteroatoms. The fourth-order valence-electron chi connectivity index (χ4n) is 4.62. The summed E-state index contributed by atoms with van der Waals surface area (Å²) in [6, 6.07) is 9.70. The van der Waals surface area contributed by atoms with Crippen molar-refractivity contribution in [2.45, 2.75) is 31.5 Å². The summed E-state index contributed by atoms with van der Waals surface area (Å²) in [7, 11) is 0. The van der Waals surface area contributed by atoms with E-state index in [4.69, 9.17) is 11.6 Å². The molecule has 3 heterocycles. The van der Waals surface area contributed by atoms with Crippen molar-refractivity contribution in [3.05, 3.63) is 52.8 Å². The second-order valence-corrected chi connectivity index (χ2v) is 9.09. The maximum atomic E-state index is 14.5. The number of hydrogen-bond donors (Lipinski definition) is 2. The first-order chi connectivity index (χ1) is 16.0. The molecule has 2 aliphatic rings. The van der Waals surface area contributed by atoms with Gasteiger partial charge in [-0.1, -0.05) is 22.9 Å². The molecule has 2 aromatic carbocycles. The summed E-state index contributed by atoms with van der Waals surface area (Å²) in [6.07, 6.45) is 0.844. The van der Waals surface area contributed by atoms with Crippen molar-refractivity contribution in [2.75, 3.05) is 37.7 Å². The molecule has 2 saturated heterocycles. The number of amides is 1. The van der Waals surface area contributed by atoms with E-state index in [2.05, 4.69) is 20.5 Å². The first-order valence-corrected chi connectivity index (χ1v) is 11.5. The molecule has 2 N–H and O–H groups in total. The normalized spacial score (nSPS) is 21.8. The molecule has 5 rings (SSSR count). The number of aromatic nitrogens is 3. The van der Waals surface area contributed by atoms with Gasteiger partial charge in [-0.2, -0.15) is 0 Å². The zero-order valence-corrected chi connectivity index (χ0v) is 19.0. The Morgan fingerprint density at radius 1 is 1.30 bits per heavy atom. The van der Waals surface area contributed by atoms with Crippen LogP contribution in [-0.4, -0.2) is 75.8 Å². The summed E-state index contributed by atoms with van der Waals surface area (Å²) < 4.78 is 16.2. The SMILES string of the molecule is C[C@H](c1ccc(Cl)cc1F)n1nnc2ccc(N3CCN(C(=O)C4CCN4)[C@H](CO)C3)cc21.